The van der Waals surface area contributed by atoms with Crippen LogP contribution in [0, 0.1) is 0 Å². The predicted octanol–water partition coefficient (Wildman–Crippen LogP) is 2.25. The Morgan fingerprint density at radius 3 is 2.60 bits per heavy atom. The highest BCUT2D eigenvalue weighted by Crippen LogP contribution is 2.24. The molecule has 0 atom stereocenters. The first-order valence-corrected chi connectivity index (χ1v) is 6.89. The number of hydrogen-bond acceptors (Lipinski definition) is 3. The molecule has 0 spiro atoms. The van der Waals surface area contributed by atoms with Crippen LogP contribution in [-0.2, 0) is 15.6 Å². The van der Waals surface area contributed by atoms with Gasteiger partial charge in [-0.15, -0.1) is 0 Å². The second kappa shape index (κ2) is 4.86. The van der Waals surface area contributed by atoms with Gasteiger partial charge in [-0.05, 0) is 18.6 Å². The molecule has 0 aliphatic carbocycles. The number of hydrogen-bond donors (Lipinski definition) is 1. The Hall–Kier alpha value is -0.740. The van der Waals surface area contributed by atoms with E-state index in [1.54, 1.807) is 18.2 Å². The molecule has 0 saturated carbocycles. The fourth-order valence-corrected chi connectivity index (χ4v) is 3.19. The molecular weight excluding hydrogens is 234 g/mol. The first-order chi connectivity index (χ1) is 6.96. The van der Waals surface area contributed by atoms with Crippen molar-refractivity contribution in [2.24, 2.45) is 0 Å². The van der Waals surface area contributed by atoms with E-state index in [2.05, 4.69) is 0 Å². The first-order valence-electron chi connectivity index (χ1n) is 4.69. The van der Waals surface area contributed by atoms with Crippen LogP contribution in [-0.4, -0.2) is 14.2 Å². The van der Waals surface area contributed by atoms with E-state index in [0.717, 1.165) is 0 Å². The predicted molar refractivity (Wildman–Crippen MR) is 63.6 cm³/mol. The molecule has 0 aromatic heterocycles. The molecule has 2 N–H and O–H groups in total. The monoisotopic (exact) mass is 247 g/mol. The molecule has 0 aliphatic rings. The Morgan fingerprint density at radius 2 is 2.07 bits per heavy atom. The molecule has 1 aromatic carbocycles. The highest BCUT2D eigenvalue weighted by Gasteiger charge is 2.15. The molecule has 0 fully saturated rings. The van der Waals surface area contributed by atoms with Crippen molar-refractivity contribution in [1.29, 1.82) is 0 Å². The van der Waals surface area contributed by atoms with Crippen molar-refractivity contribution in [2.45, 2.75) is 19.1 Å². The summed E-state index contributed by atoms with van der Waals surface area (Å²) in [6, 6.07) is 5.00. The second-order valence-corrected chi connectivity index (χ2v) is 5.99. The van der Waals surface area contributed by atoms with Crippen LogP contribution in [0.4, 0.5) is 5.69 Å². The fourth-order valence-electron chi connectivity index (χ4n) is 1.33. The molecule has 0 aliphatic heterocycles. The summed E-state index contributed by atoms with van der Waals surface area (Å²) in [6.07, 6.45) is 0.604. The third-order valence-corrected chi connectivity index (χ3v) is 4.15. The molecule has 0 heterocycles. The lowest BCUT2D eigenvalue weighted by Gasteiger charge is -2.08. The van der Waals surface area contributed by atoms with Gasteiger partial charge in [0.05, 0.1) is 11.5 Å². The topological polar surface area (TPSA) is 60.2 Å². The van der Waals surface area contributed by atoms with Crippen molar-refractivity contribution >= 4 is 27.1 Å². The van der Waals surface area contributed by atoms with E-state index in [1.165, 1.54) is 0 Å². The Kier molecular flexibility index (Phi) is 3.99. The van der Waals surface area contributed by atoms with Gasteiger partial charge >= 0.3 is 0 Å². The molecule has 0 radical (unpaired) electrons. The normalized spacial score (nSPS) is 11.6. The van der Waals surface area contributed by atoms with Crippen molar-refractivity contribution < 1.29 is 8.42 Å². The van der Waals surface area contributed by atoms with Gasteiger partial charge < -0.3 is 5.73 Å². The zero-order chi connectivity index (χ0) is 11.5. The average Bonchev–Trinajstić information content (AvgIpc) is 2.11. The van der Waals surface area contributed by atoms with Crippen LogP contribution in [0.1, 0.15) is 18.9 Å². The largest absolute Gasteiger partial charge is 0.398 e. The maximum Gasteiger partial charge on any atom is 0.154 e. The van der Waals surface area contributed by atoms with Crippen molar-refractivity contribution in [3.63, 3.8) is 0 Å². The van der Waals surface area contributed by atoms with E-state index in [9.17, 15) is 8.42 Å². The molecule has 5 heteroatoms. The first kappa shape index (κ1) is 12.3. The lowest BCUT2D eigenvalue weighted by molar-refractivity contribution is 0.594. The summed E-state index contributed by atoms with van der Waals surface area (Å²) in [5.74, 6) is 0.0873. The molecule has 15 heavy (non-hydrogen) atoms. The van der Waals surface area contributed by atoms with Crippen LogP contribution in [0.3, 0.4) is 0 Å². The van der Waals surface area contributed by atoms with Crippen LogP contribution in [0.2, 0.25) is 5.02 Å². The van der Waals surface area contributed by atoms with E-state index in [-0.39, 0.29) is 11.5 Å². The molecule has 84 valence electrons. The summed E-state index contributed by atoms with van der Waals surface area (Å²) in [4.78, 5) is 0. The summed E-state index contributed by atoms with van der Waals surface area (Å²) >= 11 is 5.89. The van der Waals surface area contributed by atoms with Crippen LogP contribution >= 0.6 is 11.6 Å². The Morgan fingerprint density at radius 1 is 1.40 bits per heavy atom. The van der Waals surface area contributed by atoms with Crippen molar-refractivity contribution in [3.8, 4) is 0 Å². The molecule has 0 amide bonds. The molecule has 1 rings (SSSR count). The number of nitrogen functional groups attached to an aromatic ring is 1. The minimum atomic E-state index is -3.09. The summed E-state index contributed by atoms with van der Waals surface area (Å²) < 4.78 is 23.2. The van der Waals surface area contributed by atoms with Gasteiger partial charge in [-0.1, -0.05) is 24.6 Å². The van der Waals surface area contributed by atoms with Crippen LogP contribution < -0.4 is 5.73 Å². The smallest absolute Gasteiger partial charge is 0.154 e. The fraction of sp³-hybridized carbons (Fsp3) is 0.400. The van der Waals surface area contributed by atoms with E-state index in [0.29, 0.717) is 22.7 Å². The molecule has 3 nitrogen and oxygen atoms in total. The number of halogens is 1. The van der Waals surface area contributed by atoms with Gasteiger partial charge in [0.25, 0.3) is 0 Å². The van der Waals surface area contributed by atoms with Crippen molar-refractivity contribution in [2.75, 3.05) is 11.5 Å². The molecule has 1 aromatic rings. The number of nitrogens with two attached hydrogens (primary N) is 1. The van der Waals surface area contributed by atoms with Gasteiger partial charge in [-0.2, -0.15) is 0 Å². The Labute approximate surface area is 95.2 Å². The maximum absolute atomic E-state index is 11.6. The SMILES string of the molecule is CCCS(=O)(=O)Cc1c(N)cccc1Cl. The molecule has 0 bridgehead atoms. The van der Waals surface area contributed by atoms with Crippen LogP contribution in [0.25, 0.3) is 0 Å². The van der Waals surface area contributed by atoms with Crippen LogP contribution in [0.5, 0.6) is 0 Å². The highest BCUT2D eigenvalue weighted by molar-refractivity contribution is 7.90. The second-order valence-electron chi connectivity index (χ2n) is 3.40. The minimum Gasteiger partial charge on any atom is -0.398 e. The summed E-state index contributed by atoms with van der Waals surface area (Å²) in [5.41, 5.74) is 6.62. The summed E-state index contributed by atoms with van der Waals surface area (Å²) in [5, 5.41) is 0.412. The average molecular weight is 248 g/mol. The van der Waals surface area contributed by atoms with Crippen molar-refractivity contribution in [1.82, 2.24) is 0 Å². The third-order valence-electron chi connectivity index (χ3n) is 2.03. The highest BCUT2D eigenvalue weighted by atomic mass is 35.5. The molecule has 0 unspecified atom stereocenters. The third kappa shape index (κ3) is 3.39. The summed E-state index contributed by atoms with van der Waals surface area (Å²) in [6.45, 7) is 1.83. The number of benzene rings is 1. The Balaban J connectivity index is 2.99. The minimum absolute atomic E-state index is 0.0770. The van der Waals surface area contributed by atoms with Crippen LogP contribution in [0.15, 0.2) is 18.2 Å². The lowest BCUT2D eigenvalue weighted by Crippen LogP contribution is -2.10. The molecular formula is C10H14ClNO2S. The maximum atomic E-state index is 11.6. The van der Waals surface area contributed by atoms with Crippen molar-refractivity contribution in [3.05, 3.63) is 28.8 Å². The number of rotatable bonds is 4. The van der Waals surface area contributed by atoms with Gasteiger partial charge in [0, 0.05) is 16.3 Å². The van der Waals surface area contributed by atoms with Gasteiger partial charge in [-0.25, -0.2) is 8.42 Å². The number of sulfone groups is 1. The standard InChI is InChI=1S/C10H14ClNO2S/c1-2-6-15(13,14)7-8-9(11)4-3-5-10(8)12/h3-5H,2,6-7,12H2,1H3. The van der Waals surface area contributed by atoms with Gasteiger partial charge in [0.15, 0.2) is 9.84 Å². The lowest BCUT2D eigenvalue weighted by atomic mass is 10.2. The van der Waals surface area contributed by atoms with Gasteiger partial charge in [0.2, 0.25) is 0 Å². The zero-order valence-corrected chi connectivity index (χ0v) is 10.1. The Bertz CT molecular complexity index is 422. The molecule has 0 saturated heterocycles. The van der Waals surface area contributed by atoms with E-state index < -0.39 is 9.84 Å². The zero-order valence-electron chi connectivity index (χ0n) is 8.53. The van der Waals surface area contributed by atoms with Gasteiger partial charge in [-0.3, -0.25) is 0 Å². The van der Waals surface area contributed by atoms with E-state index in [4.69, 9.17) is 17.3 Å². The van der Waals surface area contributed by atoms with E-state index in [1.807, 2.05) is 6.92 Å². The van der Waals surface area contributed by atoms with E-state index >= 15 is 0 Å². The number of anilines is 1. The summed E-state index contributed by atoms with van der Waals surface area (Å²) in [7, 11) is -3.09. The quantitative estimate of drug-likeness (QED) is 0.831. The van der Waals surface area contributed by atoms with Gasteiger partial charge in [0.1, 0.15) is 0 Å².